The summed E-state index contributed by atoms with van der Waals surface area (Å²) in [6.07, 6.45) is 1.55. The highest BCUT2D eigenvalue weighted by molar-refractivity contribution is 5.97. The van der Waals surface area contributed by atoms with Crippen molar-refractivity contribution >= 4 is 18.4 Å². The van der Waals surface area contributed by atoms with Crippen LogP contribution in [0.2, 0.25) is 0 Å². The van der Waals surface area contributed by atoms with Gasteiger partial charge in [-0.25, -0.2) is 9.98 Å². The van der Waals surface area contributed by atoms with Gasteiger partial charge in [0, 0.05) is 18.8 Å². The van der Waals surface area contributed by atoms with Gasteiger partial charge in [-0.3, -0.25) is 4.79 Å². The van der Waals surface area contributed by atoms with Crippen molar-refractivity contribution < 1.29 is 4.79 Å². The second-order valence-corrected chi connectivity index (χ2v) is 2.14. The van der Waals surface area contributed by atoms with Gasteiger partial charge in [-0.05, 0) is 18.9 Å². The van der Waals surface area contributed by atoms with Gasteiger partial charge in [-0.15, -0.1) is 0 Å². The summed E-state index contributed by atoms with van der Waals surface area (Å²) in [6, 6.07) is 3.22. The quantitative estimate of drug-likeness (QED) is 0.661. The van der Waals surface area contributed by atoms with E-state index < -0.39 is 0 Å². The lowest BCUT2D eigenvalue weighted by Crippen LogP contribution is -1.97. The number of amides is 1. The number of hydrogen-bond acceptors (Lipinski definition) is 3. The predicted molar refractivity (Wildman–Crippen MR) is 47.7 cm³/mol. The average molecular weight is 163 g/mol. The van der Waals surface area contributed by atoms with Crippen molar-refractivity contribution in [3.63, 3.8) is 0 Å². The van der Waals surface area contributed by atoms with Crippen molar-refractivity contribution in [3.05, 3.63) is 23.9 Å². The van der Waals surface area contributed by atoms with E-state index in [0.29, 0.717) is 11.4 Å². The number of pyridine rings is 1. The van der Waals surface area contributed by atoms with Gasteiger partial charge >= 0.3 is 0 Å². The number of rotatable bonds is 2. The maximum absolute atomic E-state index is 11.0. The molecular formula is C8H9N3O. The van der Waals surface area contributed by atoms with Gasteiger partial charge in [-0.2, -0.15) is 0 Å². The Kier molecular flexibility index (Phi) is 2.53. The predicted octanol–water partition coefficient (Wildman–Crippen LogP) is 0.964. The number of aliphatic imine (C=N–C) groups is 1. The molecule has 1 N–H and O–H groups in total. The van der Waals surface area contributed by atoms with E-state index in [0.717, 1.165) is 0 Å². The van der Waals surface area contributed by atoms with Crippen molar-refractivity contribution in [2.75, 3.05) is 12.4 Å². The Hall–Kier alpha value is -1.71. The monoisotopic (exact) mass is 163 g/mol. The molecule has 0 unspecified atom stereocenters. The molecule has 0 aliphatic rings. The summed E-state index contributed by atoms with van der Waals surface area (Å²) >= 11 is 0. The SMILES string of the molecule is C=NC(=O)c1ccnc(NC)c1. The van der Waals surface area contributed by atoms with Gasteiger partial charge < -0.3 is 5.32 Å². The zero-order valence-electron chi connectivity index (χ0n) is 6.74. The third-order valence-electron chi connectivity index (χ3n) is 1.41. The number of carbonyl (C=O) groups is 1. The second kappa shape index (κ2) is 3.61. The van der Waals surface area contributed by atoms with Crippen molar-refractivity contribution in [1.82, 2.24) is 4.98 Å². The molecule has 0 aromatic carbocycles. The Balaban J connectivity index is 3.01. The first-order valence-corrected chi connectivity index (χ1v) is 3.43. The molecule has 1 aromatic heterocycles. The van der Waals surface area contributed by atoms with E-state index in [-0.39, 0.29) is 5.91 Å². The van der Waals surface area contributed by atoms with Gasteiger partial charge in [0.15, 0.2) is 0 Å². The summed E-state index contributed by atoms with van der Waals surface area (Å²) in [6.45, 7) is 3.15. The number of nitrogens with zero attached hydrogens (tertiary/aromatic N) is 2. The Labute approximate surface area is 70.4 Å². The Bertz CT molecular complexity index is 309. The lowest BCUT2D eigenvalue weighted by molar-refractivity contribution is 0.100. The average Bonchev–Trinajstić information content (AvgIpc) is 2.17. The highest BCUT2D eigenvalue weighted by Gasteiger charge is 2.02. The number of anilines is 1. The molecule has 4 heteroatoms. The zero-order chi connectivity index (χ0) is 8.97. The van der Waals surface area contributed by atoms with Crippen molar-refractivity contribution in [1.29, 1.82) is 0 Å². The van der Waals surface area contributed by atoms with Gasteiger partial charge in [-0.1, -0.05) is 0 Å². The lowest BCUT2D eigenvalue weighted by atomic mass is 10.2. The number of aromatic nitrogens is 1. The van der Waals surface area contributed by atoms with Crippen molar-refractivity contribution in [2.45, 2.75) is 0 Å². The zero-order valence-corrected chi connectivity index (χ0v) is 6.74. The minimum atomic E-state index is -0.339. The summed E-state index contributed by atoms with van der Waals surface area (Å²) in [7, 11) is 1.73. The van der Waals surface area contributed by atoms with Crippen LogP contribution in [0.3, 0.4) is 0 Å². The minimum absolute atomic E-state index is 0.339. The van der Waals surface area contributed by atoms with E-state index in [1.165, 1.54) is 0 Å². The first kappa shape index (κ1) is 8.39. The summed E-state index contributed by atoms with van der Waals surface area (Å²) < 4.78 is 0. The normalized spacial score (nSPS) is 9.08. The molecule has 1 amide bonds. The molecule has 1 heterocycles. The Morgan fingerprint density at radius 1 is 1.75 bits per heavy atom. The van der Waals surface area contributed by atoms with E-state index in [4.69, 9.17) is 0 Å². The molecule has 0 fully saturated rings. The molecule has 12 heavy (non-hydrogen) atoms. The molecule has 0 saturated carbocycles. The van der Waals surface area contributed by atoms with Crippen LogP contribution in [0.25, 0.3) is 0 Å². The first-order valence-electron chi connectivity index (χ1n) is 3.43. The first-order chi connectivity index (χ1) is 5.77. The van der Waals surface area contributed by atoms with E-state index in [1.54, 1.807) is 25.4 Å². The molecule has 0 aliphatic heterocycles. The van der Waals surface area contributed by atoms with Crippen LogP contribution in [0, 0.1) is 0 Å². The van der Waals surface area contributed by atoms with Crippen LogP contribution < -0.4 is 5.32 Å². The van der Waals surface area contributed by atoms with Gasteiger partial charge in [0.25, 0.3) is 5.91 Å². The molecular weight excluding hydrogens is 154 g/mol. The fourth-order valence-electron chi connectivity index (χ4n) is 0.792. The van der Waals surface area contributed by atoms with E-state index in [1.807, 2.05) is 0 Å². The van der Waals surface area contributed by atoms with Crippen LogP contribution in [-0.4, -0.2) is 24.7 Å². The van der Waals surface area contributed by atoms with Crippen molar-refractivity contribution in [2.24, 2.45) is 4.99 Å². The van der Waals surface area contributed by atoms with Gasteiger partial charge in [0.1, 0.15) is 5.82 Å². The van der Waals surface area contributed by atoms with Crippen LogP contribution in [0.1, 0.15) is 10.4 Å². The highest BCUT2D eigenvalue weighted by atomic mass is 16.1. The lowest BCUT2D eigenvalue weighted by Gasteiger charge is -1.99. The highest BCUT2D eigenvalue weighted by Crippen LogP contribution is 2.06. The summed E-state index contributed by atoms with van der Waals surface area (Å²) in [5.41, 5.74) is 0.490. The molecule has 0 saturated heterocycles. The van der Waals surface area contributed by atoms with E-state index >= 15 is 0 Å². The number of hydrogen-bond donors (Lipinski definition) is 1. The maximum Gasteiger partial charge on any atom is 0.276 e. The summed E-state index contributed by atoms with van der Waals surface area (Å²) in [4.78, 5) is 18.2. The van der Waals surface area contributed by atoms with Gasteiger partial charge in [0.2, 0.25) is 0 Å². The smallest absolute Gasteiger partial charge is 0.276 e. The topological polar surface area (TPSA) is 54.4 Å². The van der Waals surface area contributed by atoms with Crippen LogP contribution in [0.4, 0.5) is 5.82 Å². The maximum atomic E-state index is 11.0. The van der Waals surface area contributed by atoms with E-state index in [9.17, 15) is 4.79 Å². The molecule has 0 radical (unpaired) electrons. The van der Waals surface area contributed by atoms with E-state index in [2.05, 4.69) is 22.0 Å². The standard InChI is InChI=1S/C8H9N3O/c1-9-7-5-6(3-4-11-7)8(12)10-2/h3-5H,2H2,1H3,(H,9,11). The van der Waals surface area contributed by atoms with Crippen LogP contribution >= 0.6 is 0 Å². The molecule has 0 spiro atoms. The number of carbonyl (C=O) groups excluding carboxylic acids is 1. The molecule has 0 atom stereocenters. The van der Waals surface area contributed by atoms with Gasteiger partial charge in [0.05, 0.1) is 0 Å². The number of nitrogens with one attached hydrogen (secondary N) is 1. The van der Waals surface area contributed by atoms with Crippen LogP contribution in [0.15, 0.2) is 23.3 Å². The van der Waals surface area contributed by atoms with Crippen LogP contribution in [0.5, 0.6) is 0 Å². The minimum Gasteiger partial charge on any atom is -0.373 e. The Morgan fingerprint density at radius 3 is 3.08 bits per heavy atom. The molecule has 62 valence electrons. The molecule has 0 bridgehead atoms. The third-order valence-corrected chi connectivity index (χ3v) is 1.41. The molecule has 1 rings (SSSR count). The fraction of sp³-hybridized carbons (Fsp3) is 0.125. The second-order valence-electron chi connectivity index (χ2n) is 2.14. The molecule has 0 aliphatic carbocycles. The summed E-state index contributed by atoms with van der Waals surface area (Å²) in [5.74, 6) is 0.304. The third kappa shape index (κ3) is 1.66. The fourth-order valence-corrected chi connectivity index (χ4v) is 0.792. The summed E-state index contributed by atoms with van der Waals surface area (Å²) in [5, 5.41) is 2.82. The Morgan fingerprint density at radius 2 is 2.50 bits per heavy atom. The largest absolute Gasteiger partial charge is 0.373 e. The molecule has 1 aromatic rings. The van der Waals surface area contributed by atoms with Crippen molar-refractivity contribution in [3.8, 4) is 0 Å². The van der Waals surface area contributed by atoms with Crippen LogP contribution in [-0.2, 0) is 0 Å². The molecule has 4 nitrogen and oxygen atoms in total.